The number of nitrogens with zero attached hydrogens (tertiary/aromatic N) is 1. The van der Waals surface area contributed by atoms with Crippen molar-refractivity contribution in [1.82, 2.24) is 5.32 Å². The standard InChI is InChI=1S/C11H13BrN2O5/c1-18-10(19-2)6-13-11(15)7-3-8(12)5-9(4-7)14(16)17/h3-5,10H,6H2,1-2H3,(H,13,15). The minimum atomic E-state index is -0.564. The molecule has 0 atom stereocenters. The van der Waals surface area contributed by atoms with Crippen molar-refractivity contribution in [3.05, 3.63) is 38.3 Å². The van der Waals surface area contributed by atoms with Gasteiger partial charge in [0.2, 0.25) is 0 Å². The highest BCUT2D eigenvalue weighted by Crippen LogP contribution is 2.21. The predicted octanol–water partition coefficient (Wildman–Crippen LogP) is 1.71. The molecule has 0 unspecified atom stereocenters. The summed E-state index contributed by atoms with van der Waals surface area (Å²) in [6.07, 6.45) is -0.564. The molecule has 1 rings (SSSR count). The Labute approximate surface area is 118 Å². The second-order valence-corrected chi connectivity index (χ2v) is 4.48. The van der Waals surface area contributed by atoms with Crippen LogP contribution in [0.1, 0.15) is 10.4 Å². The molecule has 1 aromatic carbocycles. The summed E-state index contributed by atoms with van der Waals surface area (Å²) in [6.45, 7) is 0.145. The third-order valence-electron chi connectivity index (χ3n) is 2.31. The van der Waals surface area contributed by atoms with Crippen LogP contribution >= 0.6 is 15.9 Å². The third-order valence-corrected chi connectivity index (χ3v) is 2.77. The minimum Gasteiger partial charge on any atom is -0.354 e. The Morgan fingerprint density at radius 2 is 2.05 bits per heavy atom. The van der Waals surface area contributed by atoms with Gasteiger partial charge in [-0.25, -0.2) is 0 Å². The Hall–Kier alpha value is -1.51. The molecule has 0 aliphatic rings. The highest BCUT2D eigenvalue weighted by Gasteiger charge is 2.15. The number of rotatable bonds is 6. The summed E-state index contributed by atoms with van der Waals surface area (Å²) in [5.41, 5.74) is 0.0292. The summed E-state index contributed by atoms with van der Waals surface area (Å²) in [7, 11) is 2.90. The maximum absolute atomic E-state index is 11.8. The Morgan fingerprint density at radius 1 is 1.42 bits per heavy atom. The number of methoxy groups -OCH3 is 2. The maximum Gasteiger partial charge on any atom is 0.271 e. The molecule has 1 aromatic rings. The molecule has 104 valence electrons. The Bertz CT molecular complexity index is 476. The van der Waals surface area contributed by atoms with Crippen molar-refractivity contribution in [3.63, 3.8) is 0 Å². The summed E-state index contributed by atoms with van der Waals surface area (Å²) < 4.78 is 10.3. The lowest BCUT2D eigenvalue weighted by Crippen LogP contribution is -2.34. The van der Waals surface area contributed by atoms with E-state index in [-0.39, 0.29) is 17.8 Å². The molecular weight excluding hydrogens is 320 g/mol. The van der Waals surface area contributed by atoms with E-state index >= 15 is 0 Å². The molecule has 7 nitrogen and oxygen atoms in total. The molecule has 0 heterocycles. The quantitative estimate of drug-likeness (QED) is 0.486. The van der Waals surface area contributed by atoms with E-state index in [0.29, 0.717) is 4.47 Å². The fourth-order valence-corrected chi connectivity index (χ4v) is 1.83. The number of nitro groups is 1. The van der Waals surface area contributed by atoms with Crippen molar-refractivity contribution in [3.8, 4) is 0 Å². The van der Waals surface area contributed by atoms with E-state index in [9.17, 15) is 14.9 Å². The average molecular weight is 333 g/mol. The molecule has 0 spiro atoms. The molecule has 0 bridgehead atoms. The van der Waals surface area contributed by atoms with Gasteiger partial charge in [0.05, 0.1) is 11.5 Å². The van der Waals surface area contributed by atoms with Gasteiger partial charge in [0.15, 0.2) is 6.29 Å². The SMILES string of the molecule is COC(CNC(=O)c1cc(Br)cc([N+](=O)[O-])c1)OC. The van der Waals surface area contributed by atoms with Crippen LogP contribution in [0.25, 0.3) is 0 Å². The number of benzene rings is 1. The molecule has 0 aliphatic heterocycles. The van der Waals surface area contributed by atoms with Crippen LogP contribution in [0.2, 0.25) is 0 Å². The first kappa shape index (κ1) is 15.5. The van der Waals surface area contributed by atoms with E-state index in [1.54, 1.807) is 0 Å². The van der Waals surface area contributed by atoms with E-state index in [4.69, 9.17) is 9.47 Å². The second kappa shape index (κ2) is 7.17. The van der Waals surface area contributed by atoms with Gasteiger partial charge in [0.1, 0.15) is 0 Å². The molecule has 0 fully saturated rings. The first-order chi connectivity index (χ1) is 8.97. The number of hydrogen-bond donors (Lipinski definition) is 1. The maximum atomic E-state index is 11.8. The first-order valence-corrected chi connectivity index (χ1v) is 6.06. The van der Waals surface area contributed by atoms with Crippen molar-refractivity contribution in [2.45, 2.75) is 6.29 Å². The fraction of sp³-hybridized carbons (Fsp3) is 0.364. The van der Waals surface area contributed by atoms with Gasteiger partial charge in [-0.05, 0) is 6.07 Å². The van der Waals surface area contributed by atoms with Gasteiger partial charge in [0.25, 0.3) is 11.6 Å². The summed E-state index contributed by atoms with van der Waals surface area (Å²) in [4.78, 5) is 22.0. The molecule has 19 heavy (non-hydrogen) atoms. The van der Waals surface area contributed by atoms with Gasteiger partial charge in [-0.15, -0.1) is 0 Å². The van der Waals surface area contributed by atoms with Crippen LogP contribution in [0.5, 0.6) is 0 Å². The van der Waals surface area contributed by atoms with Crippen LogP contribution < -0.4 is 5.32 Å². The van der Waals surface area contributed by atoms with Crippen LogP contribution in [0, 0.1) is 10.1 Å². The van der Waals surface area contributed by atoms with Crippen LogP contribution in [-0.4, -0.2) is 37.9 Å². The van der Waals surface area contributed by atoms with Gasteiger partial charge in [-0.3, -0.25) is 14.9 Å². The van der Waals surface area contributed by atoms with Crippen LogP contribution in [0.4, 0.5) is 5.69 Å². The van der Waals surface area contributed by atoms with Crippen molar-refractivity contribution in [2.24, 2.45) is 0 Å². The van der Waals surface area contributed by atoms with Crippen LogP contribution in [-0.2, 0) is 9.47 Å². The van der Waals surface area contributed by atoms with Crippen LogP contribution in [0.3, 0.4) is 0 Å². The monoisotopic (exact) mass is 332 g/mol. The number of nitro benzene ring substituents is 1. The van der Waals surface area contributed by atoms with E-state index < -0.39 is 17.1 Å². The third kappa shape index (κ3) is 4.58. The van der Waals surface area contributed by atoms with Crippen molar-refractivity contribution in [1.29, 1.82) is 0 Å². The summed E-state index contributed by atoms with van der Waals surface area (Å²) >= 11 is 3.12. The zero-order valence-corrected chi connectivity index (χ0v) is 12.0. The number of amides is 1. The molecule has 0 radical (unpaired) electrons. The lowest BCUT2D eigenvalue weighted by Gasteiger charge is -2.14. The molecule has 1 amide bonds. The zero-order chi connectivity index (χ0) is 14.4. The Morgan fingerprint density at radius 3 is 2.58 bits per heavy atom. The van der Waals surface area contributed by atoms with Gasteiger partial charge >= 0.3 is 0 Å². The largest absolute Gasteiger partial charge is 0.354 e. The smallest absolute Gasteiger partial charge is 0.271 e. The number of non-ortho nitro benzene ring substituents is 1. The Kier molecular flexibility index (Phi) is 5.87. The van der Waals surface area contributed by atoms with E-state index in [2.05, 4.69) is 21.2 Å². The first-order valence-electron chi connectivity index (χ1n) is 5.26. The molecule has 0 aliphatic carbocycles. The number of carbonyl (C=O) groups is 1. The van der Waals surface area contributed by atoms with Gasteiger partial charge in [-0.1, -0.05) is 15.9 Å². The second-order valence-electron chi connectivity index (χ2n) is 3.57. The predicted molar refractivity (Wildman–Crippen MR) is 70.9 cm³/mol. The van der Waals surface area contributed by atoms with E-state index in [1.165, 1.54) is 32.4 Å². The number of nitrogens with one attached hydrogen (secondary N) is 1. The molecule has 0 saturated heterocycles. The summed E-state index contributed by atoms with van der Waals surface area (Å²) in [6, 6.07) is 4.02. The molecule has 1 N–H and O–H groups in total. The minimum absolute atomic E-state index is 0.145. The summed E-state index contributed by atoms with van der Waals surface area (Å²) in [5, 5.41) is 13.3. The number of halogens is 1. The van der Waals surface area contributed by atoms with Gasteiger partial charge in [-0.2, -0.15) is 0 Å². The normalized spacial score (nSPS) is 10.5. The number of carbonyl (C=O) groups excluding carboxylic acids is 1. The van der Waals surface area contributed by atoms with Crippen LogP contribution in [0.15, 0.2) is 22.7 Å². The van der Waals surface area contributed by atoms with Gasteiger partial charge in [0, 0.05) is 36.4 Å². The van der Waals surface area contributed by atoms with Gasteiger partial charge < -0.3 is 14.8 Å². The van der Waals surface area contributed by atoms with Crippen molar-refractivity contribution < 1.29 is 19.2 Å². The van der Waals surface area contributed by atoms with Crippen molar-refractivity contribution >= 4 is 27.5 Å². The Balaban J connectivity index is 2.79. The molecular formula is C11H13BrN2O5. The van der Waals surface area contributed by atoms with Crippen molar-refractivity contribution in [2.75, 3.05) is 20.8 Å². The van der Waals surface area contributed by atoms with E-state index in [1.807, 2.05) is 0 Å². The lowest BCUT2D eigenvalue weighted by atomic mass is 10.2. The number of ether oxygens (including phenoxy) is 2. The zero-order valence-electron chi connectivity index (χ0n) is 10.4. The van der Waals surface area contributed by atoms with E-state index in [0.717, 1.165) is 0 Å². The topological polar surface area (TPSA) is 90.7 Å². The highest BCUT2D eigenvalue weighted by molar-refractivity contribution is 9.10. The molecule has 8 heteroatoms. The highest BCUT2D eigenvalue weighted by atomic mass is 79.9. The average Bonchev–Trinajstić information content (AvgIpc) is 2.38. The summed E-state index contributed by atoms with van der Waals surface area (Å²) in [5.74, 6) is -0.441. The fourth-order valence-electron chi connectivity index (χ4n) is 1.35. The molecule has 0 saturated carbocycles. The number of hydrogen-bond acceptors (Lipinski definition) is 5. The lowest BCUT2D eigenvalue weighted by molar-refractivity contribution is -0.385. The molecule has 0 aromatic heterocycles.